The molecule has 1 saturated heterocycles. The number of benzene rings is 1. The molecule has 1 aliphatic carbocycles. The van der Waals surface area contributed by atoms with Crippen LogP contribution in [0.25, 0.3) is 11.3 Å². The van der Waals surface area contributed by atoms with Crippen LogP contribution in [-0.4, -0.2) is 41.5 Å². The topological polar surface area (TPSA) is 30.3 Å². The van der Waals surface area contributed by atoms with Gasteiger partial charge >= 0.3 is 0 Å². The number of piperidine rings is 1. The van der Waals surface area contributed by atoms with Gasteiger partial charge in [-0.25, -0.2) is 0 Å². The molecule has 0 radical (unpaired) electrons. The molecule has 4 nitrogen and oxygen atoms in total. The lowest BCUT2D eigenvalue weighted by Gasteiger charge is -2.32. The van der Waals surface area contributed by atoms with Gasteiger partial charge in [0.1, 0.15) is 0 Å². The first-order chi connectivity index (χ1) is 13.7. The zero-order valence-electron chi connectivity index (χ0n) is 17.6. The summed E-state index contributed by atoms with van der Waals surface area (Å²) in [6.45, 7) is 4.16. The highest BCUT2D eigenvalue weighted by Crippen LogP contribution is 2.34. The van der Waals surface area contributed by atoms with Gasteiger partial charge in [-0.1, -0.05) is 43.5 Å². The molecular weight excluding hydrogens is 346 g/mol. The number of hydrogen-bond donors (Lipinski definition) is 0. The lowest BCUT2D eigenvalue weighted by Crippen LogP contribution is -2.36. The average Bonchev–Trinajstić information content (AvgIpc) is 3.09. The fourth-order valence-electron chi connectivity index (χ4n) is 5.15. The zero-order valence-corrected chi connectivity index (χ0v) is 17.6. The van der Waals surface area contributed by atoms with Crippen LogP contribution in [0, 0.1) is 5.92 Å². The number of hydrogen-bond acceptors (Lipinski definition) is 3. The van der Waals surface area contributed by atoms with Crippen LogP contribution in [-0.2, 0) is 18.3 Å². The first-order valence-corrected chi connectivity index (χ1v) is 11.1. The Morgan fingerprint density at radius 1 is 1.04 bits per heavy atom. The van der Waals surface area contributed by atoms with Crippen LogP contribution in [0.5, 0.6) is 0 Å². The van der Waals surface area contributed by atoms with Crippen LogP contribution >= 0.6 is 0 Å². The minimum absolute atomic E-state index is 0.661. The zero-order chi connectivity index (χ0) is 19.3. The molecule has 0 bridgehead atoms. The van der Waals surface area contributed by atoms with Gasteiger partial charge in [-0.2, -0.15) is 5.10 Å². The minimum atomic E-state index is 0.661. The largest absolute Gasteiger partial charge is 0.384 e. The van der Waals surface area contributed by atoms with Gasteiger partial charge in [-0.15, -0.1) is 0 Å². The van der Waals surface area contributed by atoms with Crippen molar-refractivity contribution in [3.05, 3.63) is 41.6 Å². The molecule has 1 aliphatic heterocycles. The highest BCUT2D eigenvalue weighted by atomic mass is 16.5. The number of ether oxygens (including phenoxy) is 1. The predicted octanol–water partition coefficient (Wildman–Crippen LogP) is 4.99. The second kappa shape index (κ2) is 9.23. The molecule has 1 aromatic heterocycles. The van der Waals surface area contributed by atoms with Gasteiger partial charge in [0, 0.05) is 44.6 Å². The summed E-state index contributed by atoms with van der Waals surface area (Å²) in [6, 6.07) is 9.28. The third-order valence-corrected chi connectivity index (χ3v) is 6.56. The van der Waals surface area contributed by atoms with Crippen molar-refractivity contribution in [2.24, 2.45) is 13.0 Å². The van der Waals surface area contributed by atoms with Gasteiger partial charge in [0.2, 0.25) is 0 Å². The van der Waals surface area contributed by atoms with Crippen molar-refractivity contribution in [1.29, 1.82) is 0 Å². The smallest absolute Gasteiger partial charge is 0.0968 e. The van der Waals surface area contributed by atoms with E-state index < -0.39 is 0 Å². The van der Waals surface area contributed by atoms with Gasteiger partial charge in [-0.3, -0.25) is 9.58 Å². The molecule has 4 rings (SSSR count). The summed E-state index contributed by atoms with van der Waals surface area (Å²) in [6.07, 6.45) is 11.6. The third kappa shape index (κ3) is 4.66. The van der Waals surface area contributed by atoms with E-state index in [1.807, 2.05) is 18.8 Å². The maximum Gasteiger partial charge on any atom is 0.0968 e. The van der Waals surface area contributed by atoms with Crippen LogP contribution in [0.4, 0.5) is 0 Å². The van der Waals surface area contributed by atoms with Gasteiger partial charge < -0.3 is 4.74 Å². The molecule has 1 aromatic carbocycles. The molecule has 1 atom stereocenters. The van der Waals surface area contributed by atoms with Crippen LogP contribution in [0.1, 0.15) is 62.0 Å². The Morgan fingerprint density at radius 2 is 1.82 bits per heavy atom. The van der Waals surface area contributed by atoms with Gasteiger partial charge in [0.25, 0.3) is 0 Å². The van der Waals surface area contributed by atoms with E-state index in [-0.39, 0.29) is 0 Å². The Hall–Kier alpha value is -1.65. The van der Waals surface area contributed by atoms with Crippen molar-refractivity contribution in [1.82, 2.24) is 14.7 Å². The molecule has 152 valence electrons. The predicted molar refractivity (Wildman–Crippen MR) is 114 cm³/mol. The summed E-state index contributed by atoms with van der Waals surface area (Å²) in [5, 5.41) is 4.81. The third-order valence-electron chi connectivity index (χ3n) is 6.56. The van der Waals surface area contributed by atoms with Crippen molar-refractivity contribution < 1.29 is 4.74 Å². The van der Waals surface area contributed by atoms with Gasteiger partial charge in [0.15, 0.2) is 0 Å². The number of rotatable bonds is 6. The van der Waals surface area contributed by atoms with Crippen molar-refractivity contribution >= 4 is 0 Å². The van der Waals surface area contributed by atoms with Crippen LogP contribution in [0.15, 0.2) is 30.5 Å². The number of likely N-dealkylation sites (tertiary alicyclic amines) is 1. The summed E-state index contributed by atoms with van der Waals surface area (Å²) in [4.78, 5) is 2.57. The molecule has 2 fully saturated rings. The van der Waals surface area contributed by atoms with Crippen molar-refractivity contribution in [3.8, 4) is 11.3 Å². The average molecular weight is 382 g/mol. The second-order valence-corrected chi connectivity index (χ2v) is 8.83. The van der Waals surface area contributed by atoms with E-state index in [9.17, 15) is 0 Å². The maximum absolute atomic E-state index is 5.40. The summed E-state index contributed by atoms with van der Waals surface area (Å²) in [5.41, 5.74) is 5.25. The standard InChI is InChI=1S/C24H35N3O/c1-26-16-23(17-27-14-6-7-19(15-27)18-28-2)24(25-26)22-12-10-21(11-13-22)20-8-4-3-5-9-20/h10-13,16,19-20H,3-9,14-15,17-18H2,1-2H3/t19-/m0/s1. The second-order valence-electron chi connectivity index (χ2n) is 8.83. The number of aromatic nitrogens is 2. The van der Waals surface area contributed by atoms with E-state index in [0.29, 0.717) is 5.92 Å². The normalized spacial score (nSPS) is 21.9. The number of nitrogens with zero attached hydrogens (tertiary/aromatic N) is 3. The quantitative estimate of drug-likeness (QED) is 0.706. The van der Waals surface area contributed by atoms with Gasteiger partial charge in [-0.05, 0) is 49.6 Å². The van der Waals surface area contributed by atoms with Crippen LogP contribution < -0.4 is 0 Å². The molecule has 28 heavy (non-hydrogen) atoms. The molecule has 0 unspecified atom stereocenters. The lowest BCUT2D eigenvalue weighted by molar-refractivity contribution is 0.0874. The van der Waals surface area contributed by atoms with Gasteiger partial charge in [0.05, 0.1) is 12.3 Å². The highest BCUT2D eigenvalue weighted by molar-refractivity contribution is 5.63. The summed E-state index contributed by atoms with van der Waals surface area (Å²) in [5.74, 6) is 1.42. The Kier molecular flexibility index (Phi) is 6.48. The summed E-state index contributed by atoms with van der Waals surface area (Å²) in [7, 11) is 3.85. The first kappa shape index (κ1) is 19.7. The molecule has 0 N–H and O–H groups in total. The SMILES string of the molecule is COC[C@H]1CCCN(Cc2cn(C)nc2-c2ccc(C3CCCCC3)cc2)C1. The molecule has 4 heteroatoms. The first-order valence-electron chi connectivity index (χ1n) is 11.1. The van der Waals surface area contributed by atoms with Crippen LogP contribution in [0.3, 0.4) is 0 Å². The highest BCUT2D eigenvalue weighted by Gasteiger charge is 2.22. The fourth-order valence-corrected chi connectivity index (χ4v) is 5.15. The van der Waals surface area contributed by atoms with Crippen molar-refractivity contribution in [2.45, 2.75) is 57.4 Å². The Morgan fingerprint density at radius 3 is 2.57 bits per heavy atom. The van der Waals surface area contributed by atoms with E-state index in [1.54, 1.807) is 0 Å². The molecule has 1 saturated carbocycles. The Labute approximate surface area is 169 Å². The van der Waals surface area contributed by atoms with E-state index in [4.69, 9.17) is 9.84 Å². The van der Waals surface area contributed by atoms with E-state index in [2.05, 4.69) is 35.4 Å². The summed E-state index contributed by atoms with van der Waals surface area (Å²) < 4.78 is 7.36. The summed E-state index contributed by atoms with van der Waals surface area (Å²) >= 11 is 0. The minimum Gasteiger partial charge on any atom is -0.384 e. The maximum atomic E-state index is 5.40. The van der Waals surface area contributed by atoms with E-state index in [0.717, 1.165) is 31.3 Å². The lowest BCUT2D eigenvalue weighted by atomic mass is 9.84. The molecule has 2 heterocycles. The molecule has 2 aliphatic rings. The van der Waals surface area contributed by atoms with Crippen LogP contribution in [0.2, 0.25) is 0 Å². The van der Waals surface area contributed by atoms with Crippen molar-refractivity contribution in [3.63, 3.8) is 0 Å². The molecule has 0 spiro atoms. The Balaban J connectivity index is 1.48. The van der Waals surface area contributed by atoms with Crippen molar-refractivity contribution in [2.75, 3.05) is 26.8 Å². The van der Waals surface area contributed by atoms with E-state index >= 15 is 0 Å². The molecular formula is C24H35N3O. The molecule has 2 aromatic rings. The monoisotopic (exact) mass is 381 g/mol. The fraction of sp³-hybridized carbons (Fsp3) is 0.625. The van der Waals surface area contributed by atoms with E-state index in [1.165, 1.54) is 68.2 Å². The number of aryl methyl sites for hydroxylation is 1. The molecule has 0 amide bonds. The Bertz CT molecular complexity index is 744. The number of methoxy groups -OCH3 is 1.